The predicted molar refractivity (Wildman–Crippen MR) is 62.2 cm³/mol. The Hall–Kier alpha value is -1.01. The number of ether oxygens (including phenoxy) is 1. The summed E-state index contributed by atoms with van der Waals surface area (Å²) in [7, 11) is 0. The maximum Gasteiger partial charge on any atom is 0.307 e. The minimum Gasteiger partial charge on any atom is -0.466 e. The lowest BCUT2D eigenvalue weighted by molar-refractivity contribution is -0.143. The number of carbonyl (C=O) groups is 1. The van der Waals surface area contributed by atoms with Gasteiger partial charge in [-0.1, -0.05) is 15.9 Å². The van der Waals surface area contributed by atoms with Crippen LogP contribution in [0.4, 0.5) is 8.78 Å². The van der Waals surface area contributed by atoms with Gasteiger partial charge in [0.1, 0.15) is 11.6 Å². The molecule has 0 aliphatic heterocycles. The van der Waals surface area contributed by atoms with Gasteiger partial charge in [0.2, 0.25) is 0 Å². The molecule has 0 heterocycles. The van der Waals surface area contributed by atoms with Gasteiger partial charge in [-0.3, -0.25) is 4.79 Å². The van der Waals surface area contributed by atoms with E-state index in [9.17, 15) is 13.6 Å². The van der Waals surface area contributed by atoms with Crippen molar-refractivity contribution in [1.29, 1.82) is 0 Å². The van der Waals surface area contributed by atoms with E-state index in [4.69, 9.17) is 5.73 Å². The predicted octanol–water partition coefficient (Wildman–Crippen LogP) is 2.68. The zero-order valence-electron chi connectivity index (χ0n) is 9.17. The third-order valence-electron chi connectivity index (χ3n) is 2.11. The van der Waals surface area contributed by atoms with Crippen LogP contribution in [0, 0.1) is 11.6 Å². The Bertz CT molecular complexity index is 403. The van der Waals surface area contributed by atoms with Gasteiger partial charge in [-0.05, 0) is 19.1 Å². The summed E-state index contributed by atoms with van der Waals surface area (Å²) in [5.41, 5.74) is 5.28. The van der Waals surface area contributed by atoms with Crippen molar-refractivity contribution in [3.8, 4) is 0 Å². The highest BCUT2D eigenvalue weighted by Crippen LogP contribution is 2.25. The highest BCUT2D eigenvalue weighted by molar-refractivity contribution is 9.10. The molecule has 1 aromatic rings. The summed E-state index contributed by atoms with van der Waals surface area (Å²) in [4.78, 5) is 11.2. The van der Waals surface area contributed by atoms with Gasteiger partial charge in [0.15, 0.2) is 0 Å². The summed E-state index contributed by atoms with van der Waals surface area (Å²) in [6.07, 6.45) is -0.261. The Morgan fingerprint density at radius 1 is 1.47 bits per heavy atom. The van der Waals surface area contributed by atoms with Crippen LogP contribution >= 0.6 is 15.9 Å². The van der Waals surface area contributed by atoms with Gasteiger partial charge in [-0.2, -0.15) is 0 Å². The van der Waals surface area contributed by atoms with Crippen molar-refractivity contribution in [2.24, 2.45) is 5.73 Å². The Morgan fingerprint density at radius 2 is 2.00 bits per heavy atom. The molecule has 0 aromatic heterocycles. The molecule has 2 N–H and O–H groups in total. The van der Waals surface area contributed by atoms with Gasteiger partial charge in [0.25, 0.3) is 0 Å². The molecule has 17 heavy (non-hydrogen) atoms. The lowest BCUT2D eigenvalue weighted by Crippen LogP contribution is -2.19. The van der Waals surface area contributed by atoms with Crippen molar-refractivity contribution in [2.75, 3.05) is 6.61 Å². The van der Waals surface area contributed by atoms with Crippen molar-refractivity contribution >= 4 is 21.9 Å². The Labute approximate surface area is 106 Å². The molecule has 0 aliphatic rings. The van der Waals surface area contributed by atoms with Crippen molar-refractivity contribution in [1.82, 2.24) is 0 Å². The Kier molecular flexibility index (Phi) is 5.02. The van der Waals surface area contributed by atoms with E-state index in [1.54, 1.807) is 6.92 Å². The first-order valence-corrected chi connectivity index (χ1v) is 5.80. The van der Waals surface area contributed by atoms with Crippen LogP contribution in [0.15, 0.2) is 16.6 Å². The topological polar surface area (TPSA) is 52.3 Å². The lowest BCUT2D eigenvalue weighted by atomic mass is 10.0. The van der Waals surface area contributed by atoms with E-state index in [1.165, 1.54) is 0 Å². The molecule has 0 radical (unpaired) electrons. The first-order chi connectivity index (χ1) is 7.95. The van der Waals surface area contributed by atoms with Gasteiger partial charge < -0.3 is 10.5 Å². The van der Waals surface area contributed by atoms with E-state index in [1.807, 2.05) is 0 Å². The third-order valence-corrected chi connectivity index (χ3v) is 2.56. The van der Waals surface area contributed by atoms with Crippen LogP contribution in [0.3, 0.4) is 0 Å². The molecule has 0 aliphatic carbocycles. The number of nitrogens with two attached hydrogens (primary N) is 1. The SMILES string of the molecule is CCOC(=O)C[C@@H](N)c1c(F)cc(Br)cc1F. The first-order valence-electron chi connectivity index (χ1n) is 5.01. The second kappa shape index (κ2) is 6.07. The highest BCUT2D eigenvalue weighted by Gasteiger charge is 2.20. The summed E-state index contributed by atoms with van der Waals surface area (Å²) in [6, 6.07) is 1.15. The van der Waals surface area contributed by atoms with Crippen LogP contribution in [0.5, 0.6) is 0 Å². The largest absolute Gasteiger partial charge is 0.466 e. The molecular formula is C11H12BrF2NO2. The van der Waals surface area contributed by atoms with E-state index >= 15 is 0 Å². The standard InChI is InChI=1S/C11H12BrF2NO2/c1-2-17-10(16)5-9(15)11-7(13)3-6(12)4-8(11)14/h3-4,9H,2,5,15H2,1H3/t9-/m1/s1. The van der Waals surface area contributed by atoms with E-state index in [2.05, 4.69) is 20.7 Å². The molecule has 6 heteroatoms. The molecule has 0 spiro atoms. The van der Waals surface area contributed by atoms with Crippen molar-refractivity contribution in [3.63, 3.8) is 0 Å². The molecule has 94 valence electrons. The fraction of sp³-hybridized carbons (Fsp3) is 0.364. The van der Waals surface area contributed by atoms with Crippen molar-refractivity contribution in [2.45, 2.75) is 19.4 Å². The van der Waals surface area contributed by atoms with E-state index in [0.717, 1.165) is 12.1 Å². The number of rotatable bonds is 4. The van der Waals surface area contributed by atoms with Crippen molar-refractivity contribution < 1.29 is 18.3 Å². The molecule has 1 aromatic carbocycles. The van der Waals surface area contributed by atoms with Crippen LogP contribution in [-0.4, -0.2) is 12.6 Å². The summed E-state index contributed by atoms with van der Waals surface area (Å²) < 4.78 is 31.9. The molecule has 1 rings (SSSR count). The fourth-order valence-electron chi connectivity index (χ4n) is 1.41. The van der Waals surface area contributed by atoms with Crippen LogP contribution < -0.4 is 5.73 Å². The van der Waals surface area contributed by atoms with Crippen LogP contribution in [-0.2, 0) is 9.53 Å². The smallest absolute Gasteiger partial charge is 0.307 e. The highest BCUT2D eigenvalue weighted by atomic mass is 79.9. The number of hydrogen-bond acceptors (Lipinski definition) is 3. The molecule has 0 saturated heterocycles. The zero-order valence-corrected chi connectivity index (χ0v) is 10.8. The molecule has 0 bridgehead atoms. The van der Waals surface area contributed by atoms with Crippen LogP contribution in [0.2, 0.25) is 0 Å². The fourth-order valence-corrected chi connectivity index (χ4v) is 1.81. The molecule has 3 nitrogen and oxygen atoms in total. The molecule has 1 atom stereocenters. The van der Waals surface area contributed by atoms with Crippen molar-refractivity contribution in [3.05, 3.63) is 33.8 Å². The van der Waals surface area contributed by atoms with Gasteiger partial charge >= 0.3 is 5.97 Å². The van der Waals surface area contributed by atoms with Gasteiger partial charge in [-0.25, -0.2) is 8.78 Å². The second-order valence-corrected chi connectivity index (χ2v) is 4.31. The minimum atomic E-state index is -1.05. The molecule has 0 unspecified atom stereocenters. The third kappa shape index (κ3) is 3.74. The average molecular weight is 308 g/mol. The number of esters is 1. The first kappa shape index (κ1) is 14.1. The monoisotopic (exact) mass is 307 g/mol. The summed E-state index contributed by atoms with van der Waals surface area (Å²) in [5.74, 6) is -2.15. The lowest BCUT2D eigenvalue weighted by Gasteiger charge is -2.13. The van der Waals surface area contributed by atoms with Gasteiger partial charge in [0.05, 0.1) is 13.0 Å². The summed E-state index contributed by atoms with van der Waals surface area (Å²) >= 11 is 2.96. The number of benzene rings is 1. The Morgan fingerprint density at radius 3 is 2.47 bits per heavy atom. The Balaban J connectivity index is 2.89. The van der Waals surface area contributed by atoms with E-state index in [-0.39, 0.29) is 23.1 Å². The summed E-state index contributed by atoms with van der Waals surface area (Å²) in [6.45, 7) is 1.85. The molecule has 0 amide bonds. The maximum absolute atomic E-state index is 13.5. The maximum atomic E-state index is 13.5. The second-order valence-electron chi connectivity index (χ2n) is 3.40. The zero-order chi connectivity index (χ0) is 13.0. The van der Waals surface area contributed by atoms with E-state index in [0.29, 0.717) is 0 Å². The summed E-state index contributed by atoms with van der Waals surface area (Å²) in [5, 5.41) is 0. The van der Waals surface area contributed by atoms with E-state index < -0.39 is 23.6 Å². The van der Waals surface area contributed by atoms with Crippen LogP contribution in [0.25, 0.3) is 0 Å². The minimum absolute atomic E-state index is 0.205. The molecular weight excluding hydrogens is 296 g/mol. The van der Waals surface area contributed by atoms with Gasteiger partial charge in [-0.15, -0.1) is 0 Å². The molecule has 0 fully saturated rings. The van der Waals surface area contributed by atoms with Gasteiger partial charge in [0, 0.05) is 16.1 Å². The normalized spacial score (nSPS) is 12.3. The van der Waals surface area contributed by atoms with Crippen LogP contribution in [0.1, 0.15) is 24.9 Å². The quantitative estimate of drug-likeness (QED) is 0.870. The number of hydrogen-bond donors (Lipinski definition) is 1. The average Bonchev–Trinajstić information content (AvgIpc) is 2.15. The number of halogens is 3. The molecule has 0 saturated carbocycles. The number of carbonyl (C=O) groups excluding carboxylic acids is 1.